The second-order valence-corrected chi connectivity index (χ2v) is 7.29. The monoisotopic (exact) mass is 384 g/mol. The number of amides is 1. The Hall–Kier alpha value is -3.67. The number of nitrogens with one attached hydrogen (secondary N) is 1. The Morgan fingerprint density at radius 2 is 1.86 bits per heavy atom. The standard InChI is InChI=1S/C23H20N4O2/c1-15-21(22(26-29-15)16-5-3-2-4-6-16)20-13-27(14-24-20)19-11-7-17(8-12-19)23(28)25-18-9-10-18/h2-8,11-14,18H,9-10H2,1H3,(H,25,28). The first-order chi connectivity index (χ1) is 14.2. The third-order valence-electron chi connectivity index (χ3n) is 5.09. The first-order valence-corrected chi connectivity index (χ1v) is 9.66. The van der Waals surface area contributed by atoms with Crippen LogP contribution in [0.2, 0.25) is 0 Å². The minimum absolute atomic E-state index is 0.0158. The summed E-state index contributed by atoms with van der Waals surface area (Å²) in [4.78, 5) is 16.7. The number of carbonyl (C=O) groups is 1. The minimum Gasteiger partial charge on any atom is -0.360 e. The molecule has 2 aromatic heterocycles. The number of carbonyl (C=O) groups excluding carboxylic acids is 1. The van der Waals surface area contributed by atoms with Crippen LogP contribution < -0.4 is 5.32 Å². The zero-order valence-electron chi connectivity index (χ0n) is 16.0. The predicted octanol–water partition coefficient (Wildman–Crippen LogP) is 4.39. The van der Waals surface area contributed by atoms with Gasteiger partial charge >= 0.3 is 0 Å². The molecule has 2 aromatic carbocycles. The summed E-state index contributed by atoms with van der Waals surface area (Å²) in [5.41, 5.74) is 5.04. The Morgan fingerprint density at radius 1 is 1.10 bits per heavy atom. The second kappa shape index (κ2) is 7.05. The van der Waals surface area contributed by atoms with Crippen LogP contribution in [0.25, 0.3) is 28.2 Å². The van der Waals surface area contributed by atoms with Crippen LogP contribution in [-0.4, -0.2) is 26.7 Å². The first kappa shape index (κ1) is 17.4. The molecule has 0 saturated heterocycles. The normalized spacial score (nSPS) is 13.4. The number of hydrogen-bond acceptors (Lipinski definition) is 4. The van der Waals surface area contributed by atoms with E-state index in [1.54, 1.807) is 6.33 Å². The zero-order chi connectivity index (χ0) is 19.8. The molecular formula is C23H20N4O2. The lowest BCUT2D eigenvalue weighted by atomic mass is 10.0. The number of nitrogens with zero attached hydrogens (tertiary/aromatic N) is 3. The summed E-state index contributed by atoms with van der Waals surface area (Å²) in [6.07, 6.45) is 5.87. The Balaban J connectivity index is 1.43. The summed E-state index contributed by atoms with van der Waals surface area (Å²) in [5.74, 6) is 0.708. The smallest absolute Gasteiger partial charge is 0.251 e. The van der Waals surface area contributed by atoms with Gasteiger partial charge in [0, 0.05) is 29.1 Å². The van der Waals surface area contributed by atoms with Crippen LogP contribution in [0.5, 0.6) is 0 Å². The van der Waals surface area contributed by atoms with Gasteiger partial charge in [0.05, 0.1) is 17.6 Å². The van der Waals surface area contributed by atoms with Gasteiger partial charge in [-0.1, -0.05) is 35.5 Å². The van der Waals surface area contributed by atoms with Crippen LogP contribution in [0.1, 0.15) is 29.0 Å². The Kier molecular flexibility index (Phi) is 4.24. The fourth-order valence-corrected chi connectivity index (χ4v) is 3.34. The molecule has 1 aliphatic rings. The molecule has 29 heavy (non-hydrogen) atoms. The summed E-state index contributed by atoms with van der Waals surface area (Å²) < 4.78 is 7.38. The van der Waals surface area contributed by atoms with Crippen molar-refractivity contribution in [3.8, 4) is 28.2 Å². The van der Waals surface area contributed by atoms with E-state index in [-0.39, 0.29) is 5.91 Å². The number of imidazole rings is 1. The summed E-state index contributed by atoms with van der Waals surface area (Å²) in [7, 11) is 0. The highest BCUT2D eigenvalue weighted by Crippen LogP contribution is 2.33. The van der Waals surface area contributed by atoms with Crippen molar-refractivity contribution < 1.29 is 9.32 Å². The maximum atomic E-state index is 12.2. The molecule has 6 heteroatoms. The van der Waals surface area contributed by atoms with Crippen molar-refractivity contribution in [3.05, 3.63) is 78.4 Å². The molecule has 0 aliphatic heterocycles. The molecule has 0 unspecified atom stereocenters. The van der Waals surface area contributed by atoms with Crippen molar-refractivity contribution in [3.63, 3.8) is 0 Å². The number of benzene rings is 2. The lowest BCUT2D eigenvalue weighted by Gasteiger charge is -2.05. The van der Waals surface area contributed by atoms with Gasteiger partial charge in [0.1, 0.15) is 11.5 Å². The third-order valence-corrected chi connectivity index (χ3v) is 5.09. The van der Waals surface area contributed by atoms with Crippen LogP contribution >= 0.6 is 0 Å². The van der Waals surface area contributed by atoms with Crippen LogP contribution in [-0.2, 0) is 0 Å². The van der Waals surface area contributed by atoms with Gasteiger partial charge < -0.3 is 14.4 Å². The summed E-state index contributed by atoms with van der Waals surface area (Å²) >= 11 is 0. The molecule has 0 spiro atoms. The fourth-order valence-electron chi connectivity index (χ4n) is 3.34. The quantitative estimate of drug-likeness (QED) is 0.554. The van der Waals surface area contributed by atoms with Gasteiger partial charge in [0.2, 0.25) is 0 Å². The largest absolute Gasteiger partial charge is 0.360 e. The molecule has 1 amide bonds. The number of hydrogen-bond donors (Lipinski definition) is 1. The fraction of sp³-hybridized carbons (Fsp3) is 0.174. The molecule has 144 valence electrons. The zero-order valence-corrected chi connectivity index (χ0v) is 16.0. The maximum Gasteiger partial charge on any atom is 0.251 e. The van der Waals surface area contributed by atoms with Crippen molar-refractivity contribution in [2.75, 3.05) is 0 Å². The molecule has 1 saturated carbocycles. The van der Waals surface area contributed by atoms with E-state index >= 15 is 0 Å². The highest BCUT2D eigenvalue weighted by Gasteiger charge is 2.23. The molecule has 1 aliphatic carbocycles. The van der Waals surface area contributed by atoms with Gasteiger partial charge in [0.25, 0.3) is 5.91 Å². The van der Waals surface area contributed by atoms with E-state index in [1.165, 1.54) is 0 Å². The van der Waals surface area contributed by atoms with Crippen molar-refractivity contribution in [2.24, 2.45) is 0 Å². The minimum atomic E-state index is -0.0158. The van der Waals surface area contributed by atoms with Gasteiger partial charge in [-0.25, -0.2) is 4.98 Å². The van der Waals surface area contributed by atoms with Crippen LogP contribution in [0.4, 0.5) is 0 Å². The molecule has 2 heterocycles. The highest BCUT2D eigenvalue weighted by molar-refractivity contribution is 5.94. The molecule has 6 nitrogen and oxygen atoms in total. The average molecular weight is 384 g/mol. The number of rotatable bonds is 5. The second-order valence-electron chi connectivity index (χ2n) is 7.29. The molecule has 0 radical (unpaired) electrons. The number of aryl methyl sites for hydroxylation is 1. The van der Waals surface area contributed by atoms with Gasteiger partial charge in [-0.05, 0) is 44.0 Å². The maximum absolute atomic E-state index is 12.2. The molecular weight excluding hydrogens is 364 g/mol. The number of aromatic nitrogens is 3. The Morgan fingerprint density at radius 3 is 2.59 bits per heavy atom. The predicted molar refractivity (Wildman–Crippen MR) is 110 cm³/mol. The SMILES string of the molecule is Cc1onc(-c2ccccc2)c1-c1cn(-c2ccc(C(=O)NC3CC3)cc2)cn1. The molecule has 1 N–H and O–H groups in total. The lowest BCUT2D eigenvalue weighted by Crippen LogP contribution is -2.25. The molecule has 5 rings (SSSR count). The summed E-state index contributed by atoms with van der Waals surface area (Å²) in [5, 5.41) is 7.24. The van der Waals surface area contributed by atoms with Crippen molar-refractivity contribution in [1.29, 1.82) is 0 Å². The third kappa shape index (κ3) is 3.45. The van der Waals surface area contributed by atoms with Crippen molar-refractivity contribution in [1.82, 2.24) is 20.0 Å². The highest BCUT2D eigenvalue weighted by atomic mass is 16.5. The van der Waals surface area contributed by atoms with E-state index in [4.69, 9.17) is 4.52 Å². The van der Waals surface area contributed by atoms with Gasteiger partial charge in [-0.2, -0.15) is 0 Å². The van der Waals surface area contributed by atoms with Crippen LogP contribution in [0, 0.1) is 6.92 Å². The van der Waals surface area contributed by atoms with Crippen molar-refractivity contribution >= 4 is 5.91 Å². The Labute approximate surface area is 168 Å². The van der Waals surface area contributed by atoms with Gasteiger partial charge in [-0.15, -0.1) is 0 Å². The molecule has 4 aromatic rings. The van der Waals surface area contributed by atoms with Gasteiger partial charge in [0.15, 0.2) is 0 Å². The Bertz CT molecular complexity index is 1160. The van der Waals surface area contributed by atoms with E-state index in [9.17, 15) is 4.79 Å². The van der Waals surface area contributed by atoms with E-state index < -0.39 is 0 Å². The summed E-state index contributed by atoms with van der Waals surface area (Å²) in [6, 6.07) is 17.8. The lowest BCUT2D eigenvalue weighted by molar-refractivity contribution is 0.0951. The van der Waals surface area contributed by atoms with Crippen LogP contribution in [0.15, 0.2) is 71.6 Å². The average Bonchev–Trinajstić information content (AvgIpc) is 3.29. The molecule has 0 bridgehead atoms. The summed E-state index contributed by atoms with van der Waals surface area (Å²) in [6.45, 7) is 1.89. The van der Waals surface area contributed by atoms with Crippen LogP contribution in [0.3, 0.4) is 0 Å². The van der Waals surface area contributed by atoms with E-state index in [0.717, 1.165) is 46.8 Å². The molecule has 1 fully saturated rings. The van der Waals surface area contributed by atoms with Gasteiger partial charge in [-0.3, -0.25) is 4.79 Å². The first-order valence-electron chi connectivity index (χ1n) is 9.66. The van der Waals surface area contributed by atoms with E-state index in [2.05, 4.69) is 15.5 Å². The van der Waals surface area contributed by atoms with E-state index in [1.807, 2.05) is 72.3 Å². The topological polar surface area (TPSA) is 73.0 Å². The van der Waals surface area contributed by atoms with Crippen molar-refractivity contribution in [2.45, 2.75) is 25.8 Å². The van der Waals surface area contributed by atoms with E-state index in [0.29, 0.717) is 11.6 Å². The molecule has 0 atom stereocenters.